The molecule has 0 aromatic heterocycles. The molecule has 5 nitrogen and oxygen atoms in total. The van der Waals surface area contributed by atoms with Crippen LogP contribution in [-0.4, -0.2) is 22.9 Å². The number of urea groups is 1. The van der Waals surface area contributed by atoms with Crippen LogP contribution in [-0.2, 0) is 4.79 Å². The number of rotatable bonds is 2. The van der Waals surface area contributed by atoms with E-state index in [1.54, 1.807) is 0 Å². The molecule has 1 heterocycles. The molecular weight excluding hydrogens is 298 g/mol. The first-order valence-electron chi connectivity index (χ1n) is 7.34. The van der Waals surface area contributed by atoms with Crippen molar-refractivity contribution >= 4 is 34.6 Å². The number of anilines is 1. The Morgan fingerprint density at radius 2 is 2.05 bits per heavy atom. The topological polar surface area (TPSA) is 75.8 Å². The number of aliphatic imine (C=N–C) groups is 1. The molecule has 6 heteroatoms. The smallest absolute Gasteiger partial charge is 0.340 e. The average Bonchev–Trinajstić information content (AvgIpc) is 2.80. The van der Waals surface area contributed by atoms with Gasteiger partial charge in [0, 0.05) is 1.43 Å². The van der Waals surface area contributed by atoms with E-state index < -0.39 is 6.03 Å². The molecule has 2 rings (SSSR count). The highest BCUT2D eigenvalue weighted by Gasteiger charge is 2.32. The zero-order valence-corrected chi connectivity index (χ0v) is 14.5. The van der Waals surface area contributed by atoms with Crippen LogP contribution in [0.5, 0.6) is 0 Å². The summed E-state index contributed by atoms with van der Waals surface area (Å²) in [6.07, 6.45) is 0. The van der Waals surface area contributed by atoms with Gasteiger partial charge < -0.3 is 5.73 Å². The Morgan fingerprint density at radius 3 is 2.59 bits per heavy atom. The van der Waals surface area contributed by atoms with Crippen LogP contribution in [0.1, 0.15) is 46.2 Å². The third kappa shape index (κ3) is 4.10. The lowest BCUT2D eigenvalue weighted by Gasteiger charge is -2.22. The van der Waals surface area contributed by atoms with Gasteiger partial charge in [0.1, 0.15) is 0 Å². The summed E-state index contributed by atoms with van der Waals surface area (Å²) in [4.78, 5) is 28.4. The molecule has 1 aromatic carbocycles. The number of nitrogens with zero attached hydrogens (tertiary/aromatic N) is 2. The number of aryl methyl sites for hydroxylation is 1. The second kappa shape index (κ2) is 7.98. The van der Waals surface area contributed by atoms with Gasteiger partial charge in [0.15, 0.2) is 5.17 Å². The standard InChI is InChI=1S/C14H17N3O2S.C2H6.H2/c1-8(2)10-5-4-9(3)6-11(10)17-12(18)7-20-14(17)16-13(15)19;1-2;/h4-6,8H,7H2,1-3H3,(H2,15,19);1-2H3;1H/b16-14-;;. The molecule has 1 aromatic rings. The van der Waals surface area contributed by atoms with Crippen LogP contribution in [0.15, 0.2) is 23.2 Å². The molecule has 3 amide bonds. The van der Waals surface area contributed by atoms with Gasteiger partial charge in [-0.15, -0.1) is 0 Å². The number of nitrogens with two attached hydrogens (primary N) is 1. The Morgan fingerprint density at radius 1 is 1.41 bits per heavy atom. The molecule has 0 spiro atoms. The Labute approximate surface area is 137 Å². The van der Waals surface area contributed by atoms with Crippen molar-refractivity contribution in [2.75, 3.05) is 10.7 Å². The number of hydrogen-bond acceptors (Lipinski definition) is 3. The van der Waals surface area contributed by atoms with Crippen LogP contribution < -0.4 is 10.6 Å². The first-order valence-corrected chi connectivity index (χ1v) is 8.33. The number of amidine groups is 1. The maximum atomic E-state index is 12.1. The fourth-order valence-corrected chi connectivity index (χ4v) is 2.98. The van der Waals surface area contributed by atoms with E-state index in [0.29, 0.717) is 5.17 Å². The molecule has 1 saturated heterocycles. The molecule has 0 radical (unpaired) electrons. The van der Waals surface area contributed by atoms with Crippen LogP contribution >= 0.6 is 11.8 Å². The zero-order chi connectivity index (χ0) is 16.9. The van der Waals surface area contributed by atoms with E-state index in [1.807, 2.05) is 39.0 Å². The van der Waals surface area contributed by atoms with E-state index in [9.17, 15) is 9.59 Å². The largest absolute Gasteiger partial charge is 0.350 e. The van der Waals surface area contributed by atoms with Gasteiger partial charge in [-0.2, -0.15) is 4.99 Å². The molecule has 0 saturated carbocycles. The van der Waals surface area contributed by atoms with E-state index in [0.717, 1.165) is 16.8 Å². The second-order valence-corrected chi connectivity index (χ2v) is 5.91. The second-order valence-electron chi connectivity index (χ2n) is 4.97. The third-order valence-corrected chi connectivity index (χ3v) is 3.94. The highest BCUT2D eigenvalue weighted by molar-refractivity contribution is 8.15. The van der Waals surface area contributed by atoms with E-state index in [1.165, 1.54) is 16.7 Å². The van der Waals surface area contributed by atoms with E-state index in [-0.39, 0.29) is 19.0 Å². The van der Waals surface area contributed by atoms with Crippen LogP contribution in [0.2, 0.25) is 0 Å². The summed E-state index contributed by atoms with van der Waals surface area (Å²) in [5.74, 6) is 0.457. The summed E-state index contributed by atoms with van der Waals surface area (Å²) in [5, 5.41) is 0.356. The van der Waals surface area contributed by atoms with Gasteiger partial charge in [-0.05, 0) is 30.0 Å². The van der Waals surface area contributed by atoms with Crippen LogP contribution in [0.3, 0.4) is 0 Å². The minimum absolute atomic E-state index is 0. The van der Waals surface area contributed by atoms with Gasteiger partial charge in [-0.25, -0.2) is 4.79 Å². The summed E-state index contributed by atoms with van der Waals surface area (Å²) >= 11 is 1.23. The van der Waals surface area contributed by atoms with Crippen molar-refractivity contribution in [1.82, 2.24) is 0 Å². The number of amides is 3. The van der Waals surface area contributed by atoms with Gasteiger partial charge in [-0.3, -0.25) is 9.69 Å². The monoisotopic (exact) mass is 323 g/mol. The minimum atomic E-state index is -0.786. The number of thioether (sulfide) groups is 1. The summed E-state index contributed by atoms with van der Waals surface area (Å²) in [6.45, 7) is 10.1. The lowest BCUT2D eigenvalue weighted by atomic mass is 9.99. The molecular formula is C16H25N3O2S. The van der Waals surface area contributed by atoms with Crippen molar-refractivity contribution in [3.05, 3.63) is 29.3 Å². The number of hydrogen-bond donors (Lipinski definition) is 1. The summed E-state index contributed by atoms with van der Waals surface area (Å²) in [7, 11) is 0. The van der Waals surface area contributed by atoms with Crippen molar-refractivity contribution in [3.8, 4) is 0 Å². The molecule has 1 aliphatic heterocycles. The Kier molecular flexibility index (Phi) is 6.61. The third-order valence-electron chi connectivity index (χ3n) is 3.02. The van der Waals surface area contributed by atoms with E-state index >= 15 is 0 Å². The van der Waals surface area contributed by atoms with Crippen LogP contribution in [0.4, 0.5) is 10.5 Å². The molecule has 0 aliphatic carbocycles. The van der Waals surface area contributed by atoms with Crippen LogP contribution in [0.25, 0.3) is 0 Å². The van der Waals surface area contributed by atoms with Crippen LogP contribution in [0, 0.1) is 6.92 Å². The molecule has 1 aliphatic rings. The SMILES string of the molecule is CC.Cc1ccc(C(C)C)c(N2C(=O)CS/C2=N\C(N)=O)c1.[HH]. The van der Waals surface area contributed by atoms with E-state index in [2.05, 4.69) is 18.8 Å². The first-order chi connectivity index (χ1) is 10.4. The molecule has 0 atom stereocenters. The Bertz CT molecular complexity index is 603. The summed E-state index contributed by atoms with van der Waals surface area (Å²) in [6, 6.07) is 5.17. The predicted molar refractivity (Wildman–Crippen MR) is 95.7 cm³/mol. The van der Waals surface area contributed by atoms with Gasteiger partial charge in [-0.1, -0.05) is 51.6 Å². The lowest BCUT2D eigenvalue weighted by Crippen LogP contribution is -2.31. The maximum Gasteiger partial charge on any atom is 0.340 e. The quantitative estimate of drug-likeness (QED) is 0.896. The van der Waals surface area contributed by atoms with Gasteiger partial charge in [0.05, 0.1) is 11.4 Å². The van der Waals surface area contributed by atoms with Gasteiger partial charge >= 0.3 is 6.03 Å². The van der Waals surface area contributed by atoms with Crippen molar-refractivity contribution in [3.63, 3.8) is 0 Å². The average molecular weight is 323 g/mol. The van der Waals surface area contributed by atoms with Crippen molar-refractivity contribution in [2.24, 2.45) is 10.7 Å². The maximum absolute atomic E-state index is 12.1. The highest BCUT2D eigenvalue weighted by Crippen LogP contribution is 2.34. The molecule has 22 heavy (non-hydrogen) atoms. The van der Waals surface area contributed by atoms with E-state index in [4.69, 9.17) is 5.73 Å². The van der Waals surface area contributed by atoms with Crippen molar-refractivity contribution < 1.29 is 11.0 Å². The predicted octanol–water partition coefficient (Wildman–Crippen LogP) is 3.91. The van der Waals surface area contributed by atoms with Gasteiger partial charge in [0.2, 0.25) is 5.91 Å². The fourth-order valence-electron chi connectivity index (χ4n) is 2.11. The van der Waals surface area contributed by atoms with Crippen molar-refractivity contribution in [1.29, 1.82) is 0 Å². The fraction of sp³-hybridized carbons (Fsp3) is 0.438. The Hall–Kier alpha value is -1.82. The molecule has 1 fully saturated rings. The molecule has 122 valence electrons. The summed E-state index contributed by atoms with van der Waals surface area (Å²) in [5.41, 5.74) is 7.99. The first kappa shape index (κ1) is 18.2. The molecule has 2 N–H and O–H groups in total. The minimum Gasteiger partial charge on any atom is -0.350 e. The highest BCUT2D eigenvalue weighted by atomic mass is 32.2. The lowest BCUT2D eigenvalue weighted by molar-refractivity contribution is -0.115. The van der Waals surface area contributed by atoms with Gasteiger partial charge in [0.25, 0.3) is 0 Å². The normalized spacial score (nSPS) is 16.0. The van der Waals surface area contributed by atoms with Crippen molar-refractivity contribution in [2.45, 2.75) is 40.5 Å². The summed E-state index contributed by atoms with van der Waals surface area (Å²) < 4.78 is 0. The number of primary amides is 1. The number of carbonyl (C=O) groups excluding carboxylic acids is 2. The Balaban J connectivity index is 0.00000155. The molecule has 0 unspecified atom stereocenters. The number of carbonyl (C=O) groups is 2. The molecule has 0 bridgehead atoms. The number of benzene rings is 1. The zero-order valence-electron chi connectivity index (χ0n) is 13.7.